The molecule has 0 aliphatic rings. The Balaban J connectivity index is 0.00000124. The lowest BCUT2D eigenvalue weighted by molar-refractivity contribution is -0.122. The Bertz CT molecular complexity index is 1830. The number of halogens is 2. The zero-order valence-corrected chi connectivity index (χ0v) is 22.4. The van der Waals surface area contributed by atoms with Crippen LogP contribution in [0.1, 0.15) is 0 Å². The van der Waals surface area contributed by atoms with Gasteiger partial charge in [-0.2, -0.15) is 0 Å². The summed E-state index contributed by atoms with van der Waals surface area (Å²) in [5, 5.41) is 6.89. The quantitative estimate of drug-likeness (QED) is 0.235. The molecule has 0 unspecified atom stereocenters. The van der Waals surface area contributed by atoms with Gasteiger partial charge in [0, 0.05) is 23.5 Å². The summed E-state index contributed by atoms with van der Waals surface area (Å²) in [6.07, 6.45) is 1.51. The van der Waals surface area contributed by atoms with Crippen molar-refractivity contribution in [3.63, 3.8) is 0 Å². The molecule has 0 aliphatic carbocycles. The summed E-state index contributed by atoms with van der Waals surface area (Å²) in [6.45, 7) is -0.250. The molecular weight excluding hydrogens is 560 g/mol. The third-order valence-electron chi connectivity index (χ3n) is 5.82. The number of pyridine rings is 1. The van der Waals surface area contributed by atoms with Crippen LogP contribution in [-0.2, 0) is 14.8 Å². The summed E-state index contributed by atoms with van der Waals surface area (Å²) < 4.78 is 67.8. The molecule has 2 aromatic heterocycles. The van der Waals surface area contributed by atoms with Crippen molar-refractivity contribution in [2.24, 2.45) is 0 Å². The fraction of sp³-hybridized carbons (Fsp3) is 0.0741. The second-order valence-corrected chi connectivity index (χ2v) is 9.92. The van der Waals surface area contributed by atoms with Crippen LogP contribution in [0.4, 0.5) is 20.4 Å². The monoisotopic (exact) mass is 583 g/mol. The average Bonchev–Trinajstić information content (AvgIpc) is 3.28. The van der Waals surface area contributed by atoms with Crippen molar-refractivity contribution in [3.05, 3.63) is 84.6 Å². The SMILES string of the molecule is COc1ccc(-n2c(N)nc3ccc(-c4cnc(OC)c(NS(=O)(=O)c5ccc(F)cc5F)c4)cc32)cc1.O=CO. The molecule has 0 radical (unpaired) electrons. The predicted octanol–water partition coefficient (Wildman–Crippen LogP) is 4.47. The Kier molecular flexibility index (Phi) is 8.33. The lowest BCUT2D eigenvalue weighted by Crippen LogP contribution is -2.15. The van der Waals surface area contributed by atoms with Crippen LogP contribution in [0.2, 0.25) is 0 Å². The number of sulfonamides is 1. The van der Waals surface area contributed by atoms with Gasteiger partial charge in [0.2, 0.25) is 11.8 Å². The molecule has 5 rings (SSSR count). The molecule has 0 bridgehead atoms. The van der Waals surface area contributed by atoms with Crippen molar-refractivity contribution in [2.75, 3.05) is 24.7 Å². The number of hydrogen-bond donors (Lipinski definition) is 3. The van der Waals surface area contributed by atoms with E-state index < -0.39 is 26.6 Å². The highest BCUT2D eigenvalue weighted by atomic mass is 32.2. The van der Waals surface area contributed by atoms with Crippen molar-refractivity contribution in [2.45, 2.75) is 4.90 Å². The first kappa shape index (κ1) is 28.8. The van der Waals surface area contributed by atoms with Crippen LogP contribution in [0.15, 0.2) is 77.8 Å². The molecule has 0 aliphatic heterocycles. The third-order valence-corrected chi connectivity index (χ3v) is 7.22. The first-order valence-corrected chi connectivity index (χ1v) is 13.1. The normalized spacial score (nSPS) is 10.9. The molecule has 0 amide bonds. The van der Waals surface area contributed by atoms with Gasteiger partial charge in [0.25, 0.3) is 16.5 Å². The van der Waals surface area contributed by atoms with E-state index in [4.69, 9.17) is 25.1 Å². The van der Waals surface area contributed by atoms with E-state index in [1.807, 2.05) is 18.2 Å². The highest BCUT2D eigenvalue weighted by Crippen LogP contribution is 2.33. The minimum absolute atomic E-state index is 0.0306. The molecular formula is C27H23F2N5O6S. The van der Waals surface area contributed by atoms with Gasteiger partial charge in [-0.3, -0.25) is 14.1 Å². The number of benzene rings is 3. The summed E-state index contributed by atoms with van der Waals surface area (Å²) in [7, 11) is -1.53. The topological polar surface area (TPSA) is 159 Å². The Morgan fingerprint density at radius 1 is 0.976 bits per heavy atom. The fourth-order valence-corrected chi connectivity index (χ4v) is 5.12. The molecule has 41 heavy (non-hydrogen) atoms. The van der Waals surface area contributed by atoms with Gasteiger partial charge in [0.15, 0.2) is 0 Å². The molecule has 4 N–H and O–H groups in total. The molecule has 0 saturated heterocycles. The number of nitrogens with one attached hydrogen (secondary N) is 1. The molecule has 11 nitrogen and oxygen atoms in total. The Hall–Kier alpha value is -5.24. The number of anilines is 2. The Morgan fingerprint density at radius 3 is 2.32 bits per heavy atom. The van der Waals surface area contributed by atoms with Gasteiger partial charge in [-0.25, -0.2) is 27.2 Å². The van der Waals surface area contributed by atoms with Crippen LogP contribution < -0.4 is 19.9 Å². The van der Waals surface area contributed by atoms with Crippen molar-refractivity contribution < 1.29 is 36.6 Å². The van der Waals surface area contributed by atoms with Gasteiger partial charge in [0.05, 0.1) is 25.3 Å². The minimum atomic E-state index is -4.42. The molecule has 14 heteroatoms. The zero-order valence-electron chi connectivity index (χ0n) is 21.6. The predicted molar refractivity (Wildman–Crippen MR) is 148 cm³/mol. The van der Waals surface area contributed by atoms with Crippen LogP contribution in [0, 0.1) is 11.6 Å². The summed E-state index contributed by atoms with van der Waals surface area (Å²) in [4.78, 5) is 16.3. The Labute approximate surface area is 232 Å². The minimum Gasteiger partial charge on any atom is -0.497 e. The van der Waals surface area contributed by atoms with Gasteiger partial charge >= 0.3 is 0 Å². The van der Waals surface area contributed by atoms with Crippen LogP contribution in [-0.4, -0.2) is 48.8 Å². The molecule has 212 valence electrons. The first-order chi connectivity index (χ1) is 19.6. The van der Waals surface area contributed by atoms with E-state index in [0.29, 0.717) is 34.0 Å². The van der Waals surface area contributed by atoms with Crippen LogP contribution in [0.5, 0.6) is 11.6 Å². The largest absolute Gasteiger partial charge is 0.497 e. The maximum absolute atomic E-state index is 14.2. The number of aromatic nitrogens is 3. The van der Waals surface area contributed by atoms with E-state index in [0.717, 1.165) is 17.8 Å². The summed E-state index contributed by atoms with van der Waals surface area (Å²) in [5.41, 5.74) is 9.52. The summed E-state index contributed by atoms with van der Waals surface area (Å²) >= 11 is 0. The number of nitrogen functional groups attached to an aromatic ring is 1. The Morgan fingerprint density at radius 2 is 1.68 bits per heavy atom. The van der Waals surface area contributed by atoms with Gasteiger partial charge in [0.1, 0.15) is 28.0 Å². The van der Waals surface area contributed by atoms with Crippen molar-refractivity contribution in [3.8, 4) is 28.4 Å². The lowest BCUT2D eigenvalue weighted by atomic mass is 10.1. The number of carboxylic acid groups (broad SMARTS) is 1. The summed E-state index contributed by atoms with van der Waals surface area (Å²) in [6, 6.07) is 16.4. The standard InChI is InChI=1S/C26H21F2N5O4S.CH2O2/c1-36-19-7-5-18(6-8-19)33-23-12-15(3-9-21(23)31-26(33)29)16-11-22(25(37-2)30-14-16)32-38(34,35)24-10-4-17(27)13-20(24)28;2-1-3/h3-14,32H,1-2H3,(H2,29,31);1H,(H,2,3). The van der Waals surface area contributed by atoms with Crippen LogP contribution >= 0.6 is 0 Å². The van der Waals surface area contributed by atoms with E-state index in [2.05, 4.69) is 14.7 Å². The number of carbonyl (C=O) groups is 1. The van der Waals surface area contributed by atoms with Crippen LogP contribution in [0.3, 0.4) is 0 Å². The van der Waals surface area contributed by atoms with Gasteiger partial charge in [-0.15, -0.1) is 0 Å². The maximum Gasteiger partial charge on any atom is 0.290 e. The average molecular weight is 584 g/mol. The number of hydrogen-bond acceptors (Lipinski definition) is 8. The number of nitrogens with zero attached hydrogens (tertiary/aromatic N) is 3. The zero-order chi connectivity index (χ0) is 29.7. The van der Waals surface area contributed by atoms with Gasteiger partial charge in [-0.05, 0) is 60.2 Å². The van der Waals surface area contributed by atoms with E-state index in [1.54, 1.807) is 35.9 Å². The van der Waals surface area contributed by atoms with E-state index in [1.165, 1.54) is 19.4 Å². The highest BCUT2D eigenvalue weighted by molar-refractivity contribution is 7.92. The summed E-state index contributed by atoms with van der Waals surface area (Å²) in [5.74, 6) is -1.18. The molecule has 0 atom stereocenters. The number of methoxy groups -OCH3 is 2. The van der Waals surface area contributed by atoms with Crippen molar-refractivity contribution in [1.82, 2.24) is 14.5 Å². The van der Waals surface area contributed by atoms with E-state index in [-0.39, 0.29) is 24.0 Å². The second-order valence-electron chi connectivity index (χ2n) is 8.27. The first-order valence-electron chi connectivity index (χ1n) is 11.6. The highest BCUT2D eigenvalue weighted by Gasteiger charge is 2.22. The maximum atomic E-state index is 14.2. The molecule has 2 heterocycles. The molecule has 0 saturated carbocycles. The smallest absolute Gasteiger partial charge is 0.290 e. The second kappa shape index (κ2) is 11.9. The van der Waals surface area contributed by atoms with Crippen molar-refractivity contribution >= 4 is 39.2 Å². The van der Waals surface area contributed by atoms with Gasteiger partial charge in [-0.1, -0.05) is 6.07 Å². The number of rotatable bonds is 7. The van der Waals surface area contributed by atoms with Crippen LogP contribution in [0.25, 0.3) is 27.8 Å². The number of fused-ring (bicyclic) bond motifs is 1. The molecule has 5 aromatic rings. The molecule has 3 aromatic carbocycles. The van der Waals surface area contributed by atoms with Crippen molar-refractivity contribution in [1.29, 1.82) is 0 Å². The van der Waals surface area contributed by atoms with Gasteiger partial charge < -0.3 is 20.3 Å². The number of ether oxygens (including phenoxy) is 2. The number of imidazole rings is 1. The molecule has 0 fully saturated rings. The van der Waals surface area contributed by atoms with E-state index >= 15 is 0 Å². The lowest BCUT2D eigenvalue weighted by Gasteiger charge is -2.13. The number of nitrogens with two attached hydrogens (primary N) is 1. The fourth-order valence-electron chi connectivity index (χ4n) is 4.01. The molecule has 0 spiro atoms. The third kappa shape index (κ3) is 6.01. The van der Waals surface area contributed by atoms with E-state index in [9.17, 15) is 17.2 Å².